The van der Waals surface area contributed by atoms with Crippen molar-refractivity contribution in [3.8, 4) is 6.07 Å². The van der Waals surface area contributed by atoms with Crippen LogP contribution >= 0.6 is 0 Å². The van der Waals surface area contributed by atoms with Crippen molar-refractivity contribution >= 4 is 11.4 Å². The molecular weight excluding hydrogens is 220 g/mol. The molecule has 0 unspecified atom stereocenters. The molecule has 0 atom stereocenters. The van der Waals surface area contributed by atoms with E-state index in [1.165, 1.54) is 18.2 Å². The molecule has 0 fully saturated rings. The van der Waals surface area contributed by atoms with Crippen LogP contribution in [0.3, 0.4) is 0 Å². The van der Waals surface area contributed by atoms with Crippen molar-refractivity contribution in [2.75, 3.05) is 32.5 Å². The number of nitriles is 1. The van der Waals surface area contributed by atoms with E-state index in [2.05, 4.69) is 5.32 Å². The number of nitro benzene ring substituents is 1. The molecule has 90 valence electrons. The lowest BCUT2D eigenvalue weighted by Crippen LogP contribution is -2.21. The summed E-state index contributed by atoms with van der Waals surface area (Å²) in [5.41, 5.74) is 0.779. The van der Waals surface area contributed by atoms with Gasteiger partial charge in [-0.15, -0.1) is 0 Å². The Balaban J connectivity index is 2.86. The van der Waals surface area contributed by atoms with Gasteiger partial charge in [0.05, 0.1) is 16.6 Å². The van der Waals surface area contributed by atoms with Gasteiger partial charge in [0.2, 0.25) is 0 Å². The van der Waals surface area contributed by atoms with E-state index in [-0.39, 0.29) is 5.69 Å². The van der Waals surface area contributed by atoms with Crippen LogP contribution in [0, 0.1) is 21.4 Å². The van der Waals surface area contributed by atoms with E-state index < -0.39 is 4.92 Å². The average Bonchev–Trinajstić information content (AvgIpc) is 2.28. The number of hydrogen-bond donors (Lipinski definition) is 1. The van der Waals surface area contributed by atoms with Gasteiger partial charge in [-0.2, -0.15) is 5.26 Å². The molecule has 0 heterocycles. The topological polar surface area (TPSA) is 82.2 Å². The molecule has 1 N–H and O–H groups in total. The third-order valence-electron chi connectivity index (χ3n) is 2.20. The molecule has 0 aliphatic carbocycles. The summed E-state index contributed by atoms with van der Waals surface area (Å²) in [6.45, 7) is 1.34. The Morgan fingerprint density at radius 1 is 1.53 bits per heavy atom. The van der Waals surface area contributed by atoms with Crippen molar-refractivity contribution in [3.05, 3.63) is 33.9 Å². The van der Waals surface area contributed by atoms with Crippen LogP contribution in [-0.4, -0.2) is 37.0 Å². The van der Waals surface area contributed by atoms with Gasteiger partial charge < -0.3 is 10.2 Å². The van der Waals surface area contributed by atoms with E-state index >= 15 is 0 Å². The van der Waals surface area contributed by atoms with E-state index in [1.54, 1.807) is 0 Å². The predicted octanol–water partition coefficient (Wildman–Crippen LogP) is 1.44. The summed E-state index contributed by atoms with van der Waals surface area (Å²) in [7, 11) is 3.84. The van der Waals surface area contributed by atoms with Crippen molar-refractivity contribution in [3.63, 3.8) is 0 Å². The molecule has 1 aromatic carbocycles. The largest absolute Gasteiger partial charge is 0.378 e. The molecule has 0 saturated carbocycles. The predicted molar refractivity (Wildman–Crippen MR) is 64.9 cm³/mol. The molecule has 6 nitrogen and oxygen atoms in total. The highest BCUT2D eigenvalue weighted by atomic mass is 16.6. The van der Waals surface area contributed by atoms with Gasteiger partial charge in [-0.1, -0.05) is 0 Å². The quantitative estimate of drug-likeness (QED) is 0.615. The average molecular weight is 234 g/mol. The van der Waals surface area contributed by atoms with Crippen LogP contribution in [0.25, 0.3) is 0 Å². The molecule has 1 aromatic rings. The summed E-state index contributed by atoms with van der Waals surface area (Å²) < 4.78 is 0. The molecule has 0 amide bonds. The van der Waals surface area contributed by atoms with Crippen LogP contribution in [0.15, 0.2) is 18.2 Å². The molecule has 17 heavy (non-hydrogen) atoms. The van der Waals surface area contributed by atoms with Gasteiger partial charge in [-0.05, 0) is 26.2 Å². The number of benzene rings is 1. The molecule has 0 spiro atoms. The fourth-order valence-electron chi connectivity index (χ4n) is 1.32. The standard InChI is InChI=1S/C11H14N4O2/c1-14(2)6-5-13-10-7-9(8-12)3-4-11(10)15(16)17/h3-4,7,13H,5-6H2,1-2H3. The van der Waals surface area contributed by atoms with Gasteiger partial charge in [-0.3, -0.25) is 10.1 Å². The van der Waals surface area contributed by atoms with Gasteiger partial charge in [0.1, 0.15) is 5.69 Å². The van der Waals surface area contributed by atoms with Crippen molar-refractivity contribution in [2.45, 2.75) is 0 Å². The minimum absolute atomic E-state index is 0.0113. The minimum atomic E-state index is -0.459. The number of rotatable bonds is 5. The van der Waals surface area contributed by atoms with Gasteiger partial charge >= 0.3 is 0 Å². The molecule has 0 bridgehead atoms. The summed E-state index contributed by atoms with van der Waals surface area (Å²) in [6, 6.07) is 6.24. The van der Waals surface area contributed by atoms with Crippen molar-refractivity contribution in [1.82, 2.24) is 4.90 Å². The van der Waals surface area contributed by atoms with Gasteiger partial charge in [0.15, 0.2) is 0 Å². The Bertz CT molecular complexity index is 451. The van der Waals surface area contributed by atoms with Crippen molar-refractivity contribution in [2.24, 2.45) is 0 Å². The van der Waals surface area contributed by atoms with Crippen molar-refractivity contribution in [1.29, 1.82) is 5.26 Å². The minimum Gasteiger partial charge on any atom is -0.378 e. The third kappa shape index (κ3) is 3.74. The zero-order chi connectivity index (χ0) is 12.8. The fourth-order valence-corrected chi connectivity index (χ4v) is 1.32. The Hall–Kier alpha value is -2.13. The Morgan fingerprint density at radius 3 is 2.76 bits per heavy atom. The number of nitro groups is 1. The van der Waals surface area contributed by atoms with Crippen LogP contribution in [0.1, 0.15) is 5.56 Å². The van der Waals surface area contributed by atoms with Gasteiger partial charge in [0.25, 0.3) is 5.69 Å². The zero-order valence-corrected chi connectivity index (χ0v) is 9.80. The first-order valence-electron chi connectivity index (χ1n) is 5.11. The molecule has 0 saturated heterocycles. The summed E-state index contributed by atoms with van der Waals surface area (Å²) in [5.74, 6) is 0. The van der Waals surface area contributed by atoms with Crippen LogP contribution in [-0.2, 0) is 0 Å². The number of likely N-dealkylation sites (N-methyl/N-ethyl adjacent to an activating group) is 1. The number of nitrogens with one attached hydrogen (secondary N) is 1. The molecular formula is C11H14N4O2. The SMILES string of the molecule is CN(C)CCNc1cc(C#N)ccc1[N+](=O)[O-]. The first-order valence-corrected chi connectivity index (χ1v) is 5.11. The lowest BCUT2D eigenvalue weighted by atomic mass is 10.2. The monoisotopic (exact) mass is 234 g/mol. The zero-order valence-electron chi connectivity index (χ0n) is 9.80. The first-order chi connectivity index (χ1) is 8.04. The van der Waals surface area contributed by atoms with Crippen LogP contribution < -0.4 is 5.32 Å². The number of nitrogens with zero attached hydrogens (tertiary/aromatic N) is 3. The van der Waals surface area contributed by atoms with Crippen LogP contribution in [0.5, 0.6) is 0 Å². The molecule has 0 aliphatic heterocycles. The van der Waals surface area contributed by atoms with E-state index in [0.29, 0.717) is 17.8 Å². The lowest BCUT2D eigenvalue weighted by molar-refractivity contribution is -0.384. The Morgan fingerprint density at radius 2 is 2.24 bits per heavy atom. The van der Waals surface area contributed by atoms with Crippen LogP contribution in [0.4, 0.5) is 11.4 Å². The van der Waals surface area contributed by atoms with E-state index in [4.69, 9.17) is 5.26 Å². The number of hydrogen-bond acceptors (Lipinski definition) is 5. The highest BCUT2D eigenvalue weighted by Crippen LogP contribution is 2.24. The lowest BCUT2D eigenvalue weighted by Gasteiger charge is -2.11. The molecule has 0 radical (unpaired) electrons. The second-order valence-electron chi connectivity index (χ2n) is 3.83. The van der Waals surface area contributed by atoms with E-state index in [1.807, 2.05) is 25.1 Å². The number of anilines is 1. The second-order valence-corrected chi connectivity index (χ2v) is 3.83. The highest BCUT2D eigenvalue weighted by Gasteiger charge is 2.13. The summed E-state index contributed by atoms with van der Waals surface area (Å²) >= 11 is 0. The second kappa shape index (κ2) is 5.82. The van der Waals surface area contributed by atoms with E-state index in [9.17, 15) is 10.1 Å². The first kappa shape index (κ1) is 12.9. The smallest absolute Gasteiger partial charge is 0.292 e. The molecule has 0 aromatic heterocycles. The molecule has 0 aliphatic rings. The summed E-state index contributed by atoms with van der Waals surface area (Å²) in [4.78, 5) is 12.3. The normalized spacial score (nSPS) is 10.0. The Kier molecular flexibility index (Phi) is 4.43. The Labute approximate surface area is 99.6 Å². The molecule has 1 rings (SSSR count). The van der Waals surface area contributed by atoms with Gasteiger partial charge in [-0.25, -0.2) is 0 Å². The van der Waals surface area contributed by atoms with E-state index in [0.717, 1.165) is 6.54 Å². The maximum Gasteiger partial charge on any atom is 0.292 e. The van der Waals surface area contributed by atoms with Gasteiger partial charge in [0, 0.05) is 19.2 Å². The fraction of sp³-hybridized carbons (Fsp3) is 0.364. The maximum absolute atomic E-state index is 10.8. The summed E-state index contributed by atoms with van der Waals surface area (Å²) in [6.07, 6.45) is 0. The maximum atomic E-state index is 10.8. The molecule has 6 heteroatoms. The van der Waals surface area contributed by atoms with Crippen LogP contribution in [0.2, 0.25) is 0 Å². The van der Waals surface area contributed by atoms with Crippen molar-refractivity contribution < 1.29 is 4.92 Å². The highest BCUT2D eigenvalue weighted by molar-refractivity contribution is 5.64. The summed E-state index contributed by atoms with van der Waals surface area (Å²) in [5, 5.41) is 22.5. The third-order valence-corrected chi connectivity index (χ3v) is 2.20.